The van der Waals surface area contributed by atoms with Gasteiger partial charge in [0.25, 0.3) is 0 Å². The lowest BCUT2D eigenvalue weighted by Crippen LogP contribution is -2.29. The summed E-state index contributed by atoms with van der Waals surface area (Å²) in [5, 5.41) is 0. The van der Waals surface area contributed by atoms with Crippen LogP contribution in [0.5, 0.6) is 0 Å². The van der Waals surface area contributed by atoms with Gasteiger partial charge in [-0.25, -0.2) is 0 Å². The van der Waals surface area contributed by atoms with Crippen LogP contribution in [0.1, 0.15) is 17.5 Å². The molecule has 1 aromatic rings. The van der Waals surface area contributed by atoms with Crippen molar-refractivity contribution in [1.29, 1.82) is 0 Å². The molecule has 1 aromatic carbocycles. The van der Waals surface area contributed by atoms with Crippen molar-refractivity contribution in [2.75, 3.05) is 45.4 Å². The highest BCUT2D eigenvalue weighted by Gasteiger charge is 2.10. The summed E-state index contributed by atoms with van der Waals surface area (Å²) in [4.78, 5) is 2.32. The predicted molar refractivity (Wildman–Crippen MR) is 81.3 cm³/mol. The van der Waals surface area contributed by atoms with Crippen LogP contribution < -0.4 is 4.90 Å². The molecule has 0 amide bonds. The minimum atomic E-state index is 0.533. The smallest absolute Gasteiger partial charge is 0.0637 e. The molecule has 0 unspecified atom stereocenters. The maximum atomic E-state index is 6.06. The molecule has 4 heteroatoms. The molecule has 0 N–H and O–H groups in total. The fourth-order valence-electron chi connectivity index (χ4n) is 2.08. The molecular weight excluding hydrogens is 262 g/mol. The number of hydrogen-bond acceptors (Lipinski definition) is 3. The molecule has 3 nitrogen and oxygen atoms in total. The summed E-state index contributed by atoms with van der Waals surface area (Å²) in [5.74, 6) is 0.533. The number of alkyl halides is 1. The van der Waals surface area contributed by atoms with Gasteiger partial charge in [-0.05, 0) is 25.0 Å². The summed E-state index contributed by atoms with van der Waals surface area (Å²) in [6, 6.07) is 6.43. The Bertz CT molecular complexity index is 371. The molecule has 0 atom stereocenters. The van der Waals surface area contributed by atoms with E-state index >= 15 is 0 Å². The lowest BCUT2D eigenvalue weighted by molar-refractivity contribution is 0.191. The average molecular weight is 286 g/mol. The van der Waals surface area contributed by atoms with Crippen molar-refractivity contribution >= 4 is 17.3 Å². The van der Waals surface area contributed by atoms with E-state index in [2.05, 4.69) is 30.0 Å². The summed E-state index contributed by atoms with van der Waals surface area (Å²) < 4.78 is 10.3. The second-order valence-corrected chi connectivity index (χ2v) is 4.86. The Balaban J connectivity index is 2.82. The van der Waals surface area contributed by atoms with Crippen molar-refractivity contribution in [3.8, 4) is 0 Å². The van der Waals surface area contributed by atoms with Gasteiger partial charge in [-0.1, -0.05) is 17.7 Å². The van der Waals surface area contributed by atoms with Gasteiger partial charge in [0, 0.05) is 45.5 Å². The van der Waals surface area contributed by atoms with E-state index in [0.717, 1.165) is 26.1 Å². The summed E-state index contributed by atoms with van der Waals surface area (Å²) in [7, 11) is 3.46. The lowest BCUT2D eigenvalue weighted by Gasteiger charge is -2.27. The third kappa shape index (κ3) is 5.39. The van der Waals surface area contributed by atoms with Crippen LogP contribution in [0.25, 0.3) is 0 Å². The van der Waals surface area contributed by atoms with Gasteiger partial charge in [0.2, 0.25) is 0 Å². The van der Waals surface area contributed by atoms with E-state index in [0.29, 0.717) is 12.5 Å². The van der Waals surface area contributed by atoms with Crippen LogP contribution in [0.2, 0.25) is 0 Å². The van der Waals surface area contributed by atoms with Crippen LogP contribution >= 0.6 is 11.6 Å². The van der Waals surface area contributed by atoms with Gasteiger partial charge in [-0.3, -0.25) is 0 Å². The molecule has 0 fully saturated rings. The fourth-order valence-corrected chi connectivity index (χ4v) is 2.30. The molecule has 19 heavy (non-hydrogen) atoms. The van der Waals surface area contributed by atoms with Crippen LogP contribution in [-0.4, -0.2) is 40.5 Å². The second kappa shape index (κ2) is 9.18. The van der Waals surface area contributed by atoms with Crippen molar-refractivity contribution in [2.45, 2.75) is 19.2 Å². The van der Waals surface area contributed by atoms with Crippen molar-refractivity contribution in [3.05, 3.63) is 29.3 Å². The molecule has 0 spiro atoms. The fraction of sp³-hybridized carbons (Fsp3) is 0.600. The van der Waals surface area contributed by atoms with Crippen LogP contribution in [0.4, 0.5) is 5.69 Å². The highest BCUT2D eigenvalue weighted by Crippen LogP contribution is 2.24. The first-order chi connectivity index (χ1) is 9.22. The first kappa shape index (κ1) is 16.3. The largest absolute Gasteiger partial charge is 0.385 e. The Kier molecular flexibility index (Phi) is 7.87. The Morgan fingerprint density at radius 3 is 2.47 bits per heavy atom. The summed E-state index contributed by atoms with van der Waals surface area (Å²) in [6.07, 6.45) is 0.996. The lowest BCUT2D eigenvalue weighted by atomic mass is 10.1. The maximum absolute atomic E-state index is 6.06. The Labute approximate surface area is 121 Å². The van der Waals surface area contributed by atoms with Crippen molar-refractivity contribution < 1.29 is 9.47 Å². The SMILES string of the molecule is COCCCN(CCOC)c1ccc(C)cc1CCl. The molecule has 0 radical (unpaired) electrons. The van der Waals surface area contributed by atoms with Crippen LogP contribution in [0.3, 0.4) is 0 Å². The third-order valence-corrected chi connectivity index (χ3v) is 3.35. The predicted octanol–water partition coefficient (Wildman–Crippen LogP) is 3.22. The monoisotopic (exact) mass is 285 g/mol. The number of benzene rings is 1. The molecule has 0 saturated heterocycles. The Morgan fingerprint density at radius 2 is 1.84 bits per heavy atom. The molecule has 0 saturated carbocycles. The average Bonchev–Trinajstić information content (AvgIpc) is 2.43. The maximum Gasteiger partial charge on any atom is 0.0637 e. The Hall–Kier alpha value is -0.770. The number of nitrogens with zero attached hydrogens (tertiary/aromatic N) is 1. The molecular formula is C15H24ClNO2. The van der Waals surface area contributed by atoms with Crippen molar-refractivity contribution in [2.24, 2.45) is 0 Å². The number of anilines is 1. The van der Waals surface area contributed by atoms with E-state index in [4.69, 9.17) is 21.1 Å². The summed E-state index contributed by atoms with van der Waals surface area (Å²) >= 11 is 6.06. The molecule has 0 aliphatic heterocycles. The van der Waals surface area contributed by atoms with E-state index in [9.17, 15) is 0 Å². The van der Waals surface area contributed by atoms with Gasteiger partial charge in [0.1, 0.15) is 0 Å². The minimum absolute atomic E-state index is 0.533. The number of hydrogen-bond donors (Lipinski definition) is 0. The number of aryl methyl sites for hydroxylation is 1. The normalized spacial score (nSPS) is 10.7. The van der Waals surface area contributed by atoms with E-state index in [1.807, 2.05) is 0 Å². The van der Waals surface area contributed by atoms with Gasteiger partial charge >= 0.3 is 0 Å². The zero-order valence-electron chi connectivity index (χ0n) is 12.1. The van der Waals surface area contributed by atoms with Gasteiger partial charge in [0.15, 0.2) is 0 Å². The number of rotatable bonds is 9. The molecule has 0 heterocycles. The molecule has 0 aliphatic rings. The van der Waals surface area contributed by atoms with E-state index < -0.39 is 0 Å². The summed E-state index contributed by atoms with van der Waals surface area (Å²) in [5.41, 5.74) is 3.62. The topological polar surface area (TPSA) is 21.7 Å². The Morgan fingerprint density at radius 1 is 1.11 bits per heavy atom. The van der Waals surface area contributed by atoms with E-state index in [1.165, 1.54) is 16.8 Å². The first-order valence-corrected chi connectivity index (χ1v) is 7.14. The van der Waals surface area contributed by atoms with Gasteiger partial charge in [-0.2, -0.15) is 0 Å². The molecule has 108 valence electrons. The quantitative estimate of drug-likeness (QED) is 0.514. The van der Waals surface area contributed by atoms with Crippen molar-refractivity contribution in [1.82, 2.24) is 0 Å². The molecule has 1 rings (SSSR count). The van der Waals surface area contributed by atoms with Crippen molar-refractivity contribution in [3.63, 3.8) is 0 Å². The van der Waals surface area contributed by atoms with Gasteiger partial charge < -0.3 is 14.4 Å². The van der Waals surface area contributed by atoms with Gasteiger partial charge in [-0.15, -0.1) is 11.6 Å². The van der Waals surface area contributed by atoms with Crippen LogP contribution in [0.15, 0.2) is 18.2 Å². The first-order valence-electron chi connectivity index (χ1n) is 6.61. The number of halogens is 1. The van der Waals surface area contributed by atoms with Gasteiger partial charge in [0.05, 0.1) is 6.61 Å². The highest BCUT2D eigenvalue weighted by molar-refractivity contribution is 6.17. The number of ether oxygens (including phenoxy) is 2. The molecule has 0 aliphatic carbocycles. The zero-order valence-corrected chi connectivity index (χ0v) is 12.9. The second-order valence-electron chi connectivity index (χ2n) is 4.59. The van der Waals surface area contributed by atoms with Crippen LogP contribution in [-0.2, 0) is 15.4 Å². The highest BCUT2D eigenvalue weighted by atomic mass is 35.5. The number of methoxy groups -OCH3 is 2. The zero-order chi connectivity index (χ0) is 14.1. The summed E-state index contributed by atoms with van der Waals surface area (Å²) in [6.45, 7) is 5.38. The molecule has 0 aromatic heterocycles. The van der Waals surface area contributed by atoms with E-state index in [-0.39, 0.29) is 0 Å². The third-order valence-electron chi connectivity index (χ3n) is 3.06. The standard InChI is InChI=1S/C15H24ClNO2/c1-13-5-6-15(14(11-13)12-16)17(8-10-19-3)7-4-9-18-2/h5-6,11H,4,7-10,12H2,1-3H3. The van der Waals surface area contributed by atoms with Crippen LogP contribution in [0, 0.1) is 6.92 Å². The molecule has 0 bridgehead atoms. The van der Waals surface area contributed by atoms with E-state index in [1.54, 1.807) is 14.2 Å². The minimum Gasteiger partial charge on any atom is -0.385 e.